The van der Waals surface area contributed by atoms with Crippen molar-refractivity contribution in [1.82, 2.24) is 0 Å². The van der Waals surface area contributed by atoms with Crippen LogP contribution in [0.25, 0.3) is 43.1 Å². The second kappa shape index (κ2) is 10.8. The lowest BCUT2D eigenvalue weighted by Crippen LogP contribution is -3.00. The van der Waals surface area contributed by atoms with Crippen LogP contribution in [-0.4, -0.2) is 0 Å². The molecule has 0 aliphatic rings. The number of hydrogen-bond donors (Lipinski definition) is 0. The molecular weight excluding hydrogens is 591 g/mol. The third-order valence-corrected chi connectivity index (χ3v) is 13.0. The first-order valence-electron chi connectivity index (χ1n) is 14.2. The van der Waals surface area contributed by atoms with Gasteiger partial charge in [-0.2, -0.15) is 0 Å². The van der Waals surface area contributed by atoms with Gasteiger partial charge in [-0.25, -0.2) is 0 Å². The highest BCUT2D eigenvalue weighted by atomic mass is 79.9. The molecule has 0 N–H and O–H groups in total. The van der Waals surface area contributed by atoms with Gasteiger partial charge in [0.1, 0.15) is 28.5 Å². The average molecular weight is 620 g/mol. The molecule has 0 atom stereocenters. The fourth-order valence-corrected chi connectivity index (χ4v) is 11.8. The standard InChI is InChI=1S/C40H28P.BrH/c1-5-21-33-29(13-1)17-9-25-37(33)41(38-26-10-18-30-14-2-6-22-34(30)38,39-27-11-19-31-15-3-7-23-35(31)39)40-28-12-20-32-16-4-8-24-36(32)40;/h1-28H;1H/q+1;/p-1. The molecule has 2 heteroatoms. The maximum absolute atomic E-state index is 2.49. The van der Waals surface area contributed by atoms with Crippen LogP contribution in [0.2, 0.25) is 0 Å². The summed E-state index contributed by atoms with van der Waals surface area (Å²) in [5.74, 6) is 0. The normalized spacial score (nSPS) is 11.6. The van der Waals surface area contributed by atoms with Gasteiger partial charge in [-0.05, 0) is 45.8 Å². The van der Waals surface area contributed by atoms with E-state index in [2.05, 4.69) is 170 Å². The first kappa shape index (κ1) is 26.6. The van der Waals surface area contributed by atoms with E-state index in [4.69, 9.17) is 0 Å². The number of rotatable bonds is 4. The van der Waals surface area contributed by atoms with Gasteiger partial charge >= 0.3 is 0 Å². The molecule has 0 aliphatic carbocycles. The van der Waals surface area contributed by atoms with Crippen LogP contribution in [0.3, 0.4) is 0 Å². The second-order valence-electron chi connectivity index (χ2n) is 10.7. The summed E-state index contributed by atoms with van der Waals surface area (Å²) in [4.78, 5) is 0. The Morgan fingerprint density at radius 2 is 0.452 bits per heavy atom. The van der Waals surface area contributed by atoms with Crippen molar-refractivity contribution in [3.05, 3.63) is 170 Å². The summed E-state index contributed by atoms with van der Waals surface area (Å²) in [5, 5.41) is 16.0. The number of benzene rings is 8. The molecule has 0 fully saturated rings. The zero-order chi connectivity index (χ0) is 27.2. The Morgan fingerprint density at radius 3 is 0.714 bits per heavy atom. The molecule has 0 nitrogen and oxygen atoms in total. The monoisotopic (exact) mass is 618 g/mol. The van der Waals surface area contributed by atoms with Gasteiger partial charge in [0.15, 0.2) is 0 Å². The largest absolute Gasteiger partial charge is 1.00 e. The fourth-order valence-electron chi connectivity index (χ4n) is 6.78. The Labute approximate surface area is 257 Å². The van der Waals surface area contributed by atoms with Gasteiger partial charge in [0.2, 0.25) is 0 Å². The number of fused-ring (bicyclic) bond motifs is 4. The van der Waals surface area contributed by atoms with Gasteiger partial charge in [-0.1, -0.05) is 146 Å². The number of hydrogen-bond acceptors (Lipinski definition) is 0. The molecule has 0 aromatic heterocycles. The molecule has 8 aromatic carbocycles. The molecule has 0 spiro atoms. The maximum Gasteiger partial charge on any atom is 0.146 e. The minimum absolute atomic E-state index is 0. The summed E-state index contributed by atoms with van der Waals surface area (Å²) < 4.78 is 0. The molecule has 8 aromatic rings. The average Bonchev–Trinajstić information content (AvgIpc) is 3.05. The third kappa shape index (κ3) is 4.00. The second-order valence-corrected chi connectivity index (χ2v) is 13.9. The van der Waals surface area contributed by atoms with Crippen molar-refractivity contribution >= 4 is 71.6 Å². The van der Waals surface area contributed by atoms with E-state index in [0.717, 1.165) is 0 Å². The van der Waals surface area contributed by atoms with E-state index in [1.807, 2.05) is 0 Å². The van der Waals surface area contributed by atoms with Crippen molar-refractivity contribution in [2.24, 2.45) is 0 Å². The van der Waals surface area contributed by atoms with Crippen LogP contribution in [0.5, 0.6) is 0 Å². The zero-order valence-electron chi connectivity index (χ0n) is 23.0. The van der Waals surface area contributed by atoms with Crippen molar-refractivity contribution < 1.29 is 17.0 Å². The van der Waals surface area contributed by atoms with Crippen LogP contribution in [0.15, 0.2) is 170 Å². The maximum atomic E-state index is 2.40. The molecular formula is C40H28BrP. The Balaban J connectivity index is 0.00000288. The minimum atomic E-state index is -2.49. The summed E-state index contributed by atoms with van der Waals surface area (Å²) in [5.41, 5.74) is 0. The molecule has 0 saturated carbocycles. The predicted molar refractivity (Wildman–Crippen MR) is 181 cm³/mol. The molecule has 8 rings (SSSR count). The van der Waals surface area contributed by atoms with Crippen molar-refractivity contribution in [3.8, 4) is 0 Å². The van der Waals surface area contributed by atoms with E-state index in [1.54, 1.807) is 0 Å². The predicted octanol–water partition coefficient (Wildman–Crippen LogP) is 5.92. The Hall–Kier alpha value is -4.29. The van der Waals surface area contributed by atoms with Crippen LogP contribution in [-0.2, 0) is 0 Å². The van der Waals surface area contributed by atoms with Gasteiger partial charge in [-0.3, -0.25) is 0 Å². The van der Waals surface area contributed by atoms with Gasteiger partial charge in [0.05, 0.1) is 0 Å². The Morgan fingerprint density at radius 1 is 0.238 bits per heavy atom. The SMILES string of the molecule is [Br-].c1ccc2c([P+](c3cccc4ccccc34)(c3cccc4ccccc34)c3cccc4ccccc34)cccc2c1. The number of halogens is 1. The lowest BCUT2D eigenvalue weighted by Gasteiger charge is -2.31. The van der Waals surface area contributed by atoms with E-state index < -0.39 is 7.26 Å². The highest BCUT2D eigenvalue weighted by Gasteiger charge is 2.51. The summed E-state index contributed by atoms with van der Waals surface area (Å²) >= 11 is 0. The van der Waals surface area contributed by atoms with Crippen LogP contribution in [0.4, 0.5) is 0 Å². The molecule has 0 amide bonds. The van der Waals surface area contributed by atoms with Crippen molar-refractivity contribution in [3.63, 3.8) is 0 Å². The molecule has 0 saturated heterocycles. The lowest BCUT2D eigenvalue weighted by atomic mass is 10.1. The molecule has 0 radical (unpaired) electrons. The van der Waals surface area contributed by atoms with Crippen molar-refractivity contribution in [1.29, 1.82) is 0 Å². The highest BCUT2D eigenvalue weighted by molar-refractivity contribution is 8.02. The molecule has 0 aliphatic heterocycles. The van der Waals surface area contributed by atoms with Gasteiger partial charge in [0, 0.05) is 21.5 Å². The molecule has 0 unspecified atom stereocenters. The van der Waals surface area contributed by atoms with E-state index in [1.165, 1.54) is 64.3 Å². The molecule has 200 valence electrons. The summed E-state index contributed by atoms with van der Waals surface area (Å²) in [6.45, 7) is 0. The molecule has 0 heterocycles. The van der Waals surface area contributed by atoms with Crippen LogP contribution >= 0.6 is 7.26 Å². The van der Waals surface area contributed by atoms with Crippen molar-refractivity contribution in [2.45, 2.75) is 0 Å². The van der Waals surface area contributed by atoms with Crippen LogP contribution in [0, 0.1) is 0 Å². The van der Waals surface area contributed by atoms with Gasteiger partial charge < -0.3 is 17.0 Å². The summed E-state index contributed by atoms with van der Waals surface area (Å²) in [7, 11) is -2.49. The van der Waals surface area contributed by atoms with Gasteiger partial charge in [-0.15, -0.1) is 0 Å². The van der Waals surface area contributed by atoms with E-state index >= 15 is 0 Å². The fraction of sp³-hybridized carbons (Fsp3) is 0. The first-order valence-corrected chi connectivity index (χ1v) is 16.0. The first-order chi connectivity index (χ1) is 20.4. The van der Waals surface area contributed by atoms with E-state index in [0.29, 0.717) is 0 Å². The van der Waals surface area contributed by atoms with E-state index in [9.17, 15) is 0 Å². The van der Waals surface area contributed by atoms with Crippen LogP contribution < -0.4 is 38.2 Å². The zero-order valence-corrected chi connectivity index (χ0v) is 25.5. The Kier molecular flexibility index (Phi) is 6.87. The summed E-state index contributed by atoms with van der Waals surface area (Å²) in [6, 6.07) is 63.3. The Bertz CT molecular complexity index is 1890. The third-order valence-electron chi connectivity index (χ3n) is 8.51. The lowest BCUT2D eigenvalue weighted by molar-refractivity contribution is -0.00000752. The van der Waals surface area contributed by atoms with Gasteiger partial charge in [0.25, 0.3) is 0 Å². The van der Waals surface area contributed by atoms with Crippen LogP contribution in [0.1, 0.15) is 0 Å². The molecule has 42 heavy (non-hydrogen) atoms. The van der Waals surface area contributed by atoms with Crippen molar-refractivity contribution in [2.75, 3.05) is 0 Å². The topological polar surface area (TPSA) is 0 Å². The molecule has 0 bridgehead atoms. The van der Waals surface area contributed by atoms with E-state index in [-0.39, 0.29) is 17.0 Å². The summed E-state index contributed by atoms with van der Waals surface area (Å²) in [6.07, 6.45) is 0. The highest BCUT2D eigenvalue weighted by Crippen LogP contribution is 2.59. The minimum Gasteiger partial charge on any atom is -1.00 e. The quantitative estimate of drug-likeness (QED) is 0.215. The smallest absolute Gasteiger partial charge is 0.146 e.